The molecule has 1 aliphatic heterocycles. The predicted octanol–water partition coefficient (Wildman–Crippen LogP) is 1.79. The molecule has 1 saturated heterocycles. The molecule has 0 bridgehead atoms. The van der Waals surface area contributed by atoms with Gasteiger partial charge in [0.2, 0.25) is 5.95 Å². The lowest BCUT2D eigenvalue weighted by molar-refractivity contribution is 0.142. The molecule has 2 aromatic rings. The van der Waals surface area contributed by atoms with Crippen molar-refractivity contribution in [2.45, 2.75) is 0 Å². The van der Waals surface area contributed by atoms with Crippen molar-refractivity contribution in [3.8, 4) is 11.5 Å². The van der Waals surface area contributed by atoms with Crippen molar-refractivity contribution in [3.63, 3.8) is 0 Å². The highest BCUT2D eigenvalue weighted by Crippen LogP contribution is 2.42. The van der Waals surface area contributed by atoms with Crippen LogP contribution in [0.4, 0.5) is 16.6 Å². The van der Waals surface area contributed by atoms with E-state index in [0.717, 1.165) is 0 Å². The highest BCUT2D eigenvalue weighted by Gasteiger charge is 2.24. The number of benzene rings is 1. The summed E-state index contributed by atoms with van der Waals surface area (Å²) in [5, 5.41) is 9.70. The molecule has 1 fully saturated rings. The standard InChI is InChI=1S/C15H18BrN5O4/c1-24-9-7-8-11(10(16)12(9)25-2)18-14(19-13(8)17)20-3-5-21(6-4-20)15(22)23/h7H,3-6H2,1-2H3,(H,22,23)(H2,17,18,19). The number of methoxy groups -OCH3 is 2. The summed E-state index contributed by atoms with van der Waals surface area (Å²) in [6, 6.07) is 1.74. The Morgan fingerprint density at radius 3 is 2.48 bits per heavy atom. The monoisotopic (exact) mass is 411 g/mol. The summed E-state index contributed by atoms with van der Waals surface area (Å²) >= 11 is 3.50. The molecule has 0 radical (unpaired) electrons. The Hall–Kier alpha value is -2.49. The summed E-state index contributed by atoms with van der Waals surface area (Å²) < 4.78 is 11.3. The smallest absolute Gasteiger partial charge is 0.407 e. The third kappa shape index (κ3) is 3.09. The van der Waals surface area contributed by atoms with Gasteiger partial charge in [0.25, 0.3) is 0 Å². The first-order valence-electron chi connectivity index (χ1n) is 7.56. The van der Waals surface area contributed by atoms with E-state index in [1.54, 1.807) is 20.3 Å². The normalized spacial score (nSPS) is 14.7. The fourth-order valence-corrected chi connectivity index (χ4v) is 3.44. The number of amides is 1. The van der Waals surface area contributed by atoms with E-state index in [-0.39, 0.29) is 0 Å². The van der Waals surface area contributed by atoms with Crippen LogP contribution < -0.4 is 20.1 Å². The average molecular weight is 412 g/mol. The molecule has 3 N–H and O–H groups in total. The number of hydrogen-bond acceptors (Lipinski definition) is 7. The Kier molecular flexibility index (Phi) is 4.71. The number of nitrogen functional groups attached to an aromatic ring is 1. The number of nitrogens with two attached hydrogens (primary N) is 1. The Bertz CT molecular complexity index is 823. The fourth-order valence-electron chi connectivity index (χ4n) is 2.78. The zero-order chi connectivity index (χ0) is 18.1. The van der Waals surface area contributed by atoms with E-state index in [9.17, 15) is 4.79 Å². The van der Waals surface area contributed by atoms with Crippen molar-refractivity contribution < 1.29 is 19.4 Å². The number of carbonyl (C=O) groups is 1. The van der Waals surface area contributed by atoms with Crippen LogP contribution in [0.25, 0.3) is 10.9 Å². The molecule has 10 heteroatoms. The summed E-state index contributed by atoms with van der Waals surface area (Å²) in [7, 11) is 3.09. The first kappa shape index (κ1) is 17.3. The van der Waals surface area contributed by atoms with Crippen LogP contribution in [0, 0.1) is 0 Å². The maximum atomic E-state index is 11.0. The van der Waals surface area contributed by atoms with Crippen molar-refractivity contribution in [2.24, 2.45) is 0 Å². The highest BCUT2D eigenvalue weighted by atomic mass is 79.9. The molecule has 1 aliphatic rings. The summed E-state index contributed by atoms with van der Waals surface area (Å²) in [5.74, 6) is 1.83. The molecule has 25 heavy (non-hydrogen) atoms. The van der Waals surface area contributed by atoms with Crippen LogP contribution in [-0.4, -0.2) is 66.5 Å². The van der Waals surface area contributed by atoms with Crippen LogP contribution in [0.5, 0.6) is 11.5 Å². The van der Waals surface area contributed by atoms with Crippen molar-refractivity contribution in [2.75, 3.05) is 51.0 Å². The Balaban J connectivity index is 2.02. The number of nitrogens with zero attached hydrogens (tertiary/aromatic N) is 4. The van der Waals surface area contributed by atoms with Crippen LogP contribution >= 0.6 is 15.9 Å². The van der Waals surface area contributed by atoms with Gasteiger partial charge in [-0.1, -0.05) is 0 Å². The van der Waals surface area contributed by atoms with E-state index in [4.69, 9.17) is 20.3 Å². The molecular weight excluding hydrogens is 394 g/mol. The van der Waals surface area contributed by atoms with Gasteiger partial charge in [-0.2, -0.15) is 4.98 Å². The zero-order valence-electron chi connectivity index (χ0n) is 13.8. The van der Waals surface area contributed by atoms with Gasteiger partial charge in [-0.25, -0.2) is 9.78 Å². The summed E-state index contributed by atoms with van der Waals surface area (Å²) in [6.45, 7) is 1.79. The lowest BCUT2D eigenvalue weighted by Crippen LogP contribution is -2.48. The fraction of sp³-hybridized carbons (Fsp3) is 0.400. The minimum Gasteiger partial charge on any atom is -0.493 e. The number of halogens is 1. The number of piperazine rings is 1. The van der Waals surface area contributed by atoms with Gasteiger partial charge in [-0.3, -0.25) is 0 Å². The predicted molar refractivity (Wildman–Crippen MR) is 96.6 cm³/mol. The highest BCUT2D eigenvalue weighted by molar-refractivity contribution is 9.10. The molecule has 0 saturated carbocycles. The maximum Gasteiger partial charge on any atom is 0.407 e. The zero-order valence-corrected chi connectivity index (χ0v) is 15.4. The van der Waals surface area contributed by atoms with Gasteiger partial charge in [0.15, 0.2) is 11.5 Å². The lowest BCUT2D eigenvalue weighted by atomic mass is 10.2. The molecule has 9 nitrogen and oxygen atoms in total. The molecule has 2 heterocycles. The second-order valence-electron chi connectivity index (χ2n) is 5.49. The van der Waals surface area contributed by atoms with Crippen LogP contribution in [0.3, 0.4) is 0 Å². The molecule has 0 aliphatic carbocycles. The number of hydrogen-bond donors (Lipinski definition) is 2. The van der Waals surface area contributed by atoms with E-state index in [1.807, 2.05) is 4.90 Å². The minimum atomic E-state index is -0.918. The Morgan fingerprint density at radius 2 is 1.92 bits per heavy atom. The molecule has 1 amide bonds. The van der Waals surface area contributed by atoms with E-state index in [2.05, 4.69) is 25.9 Å². The molecule has 3 rings (SSSR count). The second kappa shape index (κ2) is 6.79. The van der Waals surface area contributed by atoms with Crippen molar-refractivity contribution in [3.05, 3.63) is 10.5 Å². The molecule has 134 valence electrons. The topological polar surface area (TPSA) is 114 Å². The molecular formula is C15H18BrN5O4. The molecule has 0 atom stereocenters. The number of anilines is 2. The first-order valence-corrected chi connectivity index (χ1v) is 8.36. The number of ether oxygens (including phenoxy) is 2. The number of fused-ring (bicyclic) bond motifs is 1. The number of carboxylic acid groups (broad SMARTS) is 1. The lowest BCUT2D eigenvalue weighted by Gasteiger charge is -2.33. The van der Waals surface area contributed by atoms with Crippen molar-refractivity contribution in [1.29, 1.82) is 0 Å². The van der Waals surface area contributed by atoms with Gasteiger partial charge in [0.05, 0.1) is 24.2 Å². The minimum absolute atomic E-state index is 0.322. The largest absolute Gasteiger partial charge is 0.493 e. The molecule has 0 spiro atoms. The molecule has 1 aromatic heterocycles. The van der Waals surface area contributed by atoms with Gasteiger partial charge in [-0.05, 0) is 22.0 Å². The van der Waals surface area contributed by atoms with E-state index >= 15 is 0 Å². The van der Waals surface area contributed by atoms with Crippen molar-refractivity contribution >= 4 is 44.7 Å². The third-order valence-electron chi connectivity index (χ3n) is 4.13. The summed E-state index contributed by atoms with van der Waals surface area (Å²) in [5.41, 5.74) is 6.74. The van der Waals surface area contributed by atoms with Crippen LogP contribution in [-0.2, 0) is 0 Å². The van der Waals surface area contributed by atoms with Crippen LogP contribution in [0.1, 0.15) is 0 Å². The third-order valence-corrected chi connectivity index (χ3v) is 4.86. The Morgan fingerprint density at radius 1 is 1.24 bits per heavy atom. The summed E-state index contributed by atoms with van der Waals surface area (Å²) in [6.07, 6.45) is -0.918. The number of aromatic nitrogens is 2. The number of rotatable bonds is 3. The van der Waals surface area contributed by atoms with Gasteiger partial charge in [0, 0.05) is 31.6 Å². The molecule has 1 aromatic carbocycles. The summed E-state index contributed by atoms with van der Waals surface area (Å²) in [4.78, 5) is 23.3. The van der Waals surface area contributed by atoms with Crippen molar-refractivity contribution in [1.82, 2.24) is 14.9 Å². The maximum absolute atomic E-state index is 11.0. The first-order chi connectivity index (χ1) is 12.0. The molecule has 0 unspecified atom stereocenters. The van der Waals surface area contributed by atoms with Gasteiger partial charge in [0.1, 0.15) is 5.82 Å². The van der Waals surface area contributed by atoms with Gasteiger partial charge >= 0.3 is 6.09 Å². The second-order valence-corrected chi connectivity index (χ2v) is 6.28. The van der Waals surface area contributed by atoms with Crippen LogP contribution in [0.15, 0.2) is 10.5 Å². The quantitative estimate of drug-likeness (QED) is 0.785. The average Bonchev–Trinajstić information content (AvgIpc) is 2.62. The van der Waals surface area contributed by atoms with E-state index in [0.29, 0.717) is 64.8 Å². The van der Waals surface area contributed by atoms with E-state index in [1.165, 1.54) is 4.90 Å². The SMILES string of the molecule is COc1cc2c(N)nc(N3CCN(C(=O)O)CC3)nc2c(Br)c1OC. The van der Waals surface area contributed by atoms with Gasteiger partial charge < -0.3 is 30.1 Å². The van der Waals surface area contributed by atoms with Gasteiger partial charge in [-0.15, -0.1) is 0 Å². The van der Waals surface area contributed by atoms with Crippen LogP contribution in [0.2, 0.25) is 0 Å². The Labute approximate surface area is 152 Å². The van der Waals surface area contributed by atoms with E-state index < -0.39 is 6.09 Å².